The van der Waals surface area contributed by atoms with E-state index < -0.39 is 0 Å². The van der Waals surface area contributed by atoms with Gasteiger partial charge in [-0.2, -0.15) is 4.57 Å². The van der Waals surface area contributed by atoms with Gasteiger partial charge in [-0.3, -0.25) is 0 Å². The molecular formula is C27H31IN2S. The molecule has 2 nitrogen and oxygen atoms in total. The van der Waals surface area contributed by atoms with Crippen LogP contribution in [-0.4, -0.2) is 7.05 Å². The van der Waals surface area contributed by atoms with Crippen LogP contribution in [0.1, 0.15) is 38.6 Å². The van der Waals surface area contributed by atoms with E-state index in [4.69, 9.17) is 0 Å². The summed E-state index contributed by atoms with van der Waals surface area (Å²) < 4.78 is 3.79. The van der Waals surface area contributed by atoms with E-state index in [1.165, 1.54) is 32.1 Å². The molecule has 0 aliphatic heterocycles. The van der Waals surface area contributed by atoms with Crippen molar-refractivity contribution in [2.24, 2.45) is 5.41 Å². The molecule has 0 amide bonds. The van der Waals surface area contributed by atoms with Crippen LogP contribution in [0.5, 0.6) is 0 Å². The molecule has 3 aromatic rings. The summed E-state index contributed by atoms with van der Waals surface area (Å²) in [4.78, 5) is 2.18. The Bertz CT molecular complexity index is 1120. The number of hydrogen-bond acceptors (Lipinski definition) is 2. The third-order valence-electron chi connectivity index (χ3n) is 5.67. The first-order valence-corrected chi connectivity index (χ1v) is 11.6. The lowest BCUT2D eigenvalue weighted by Crippen LogP contribution is -3.00. The zero-order valence-corrected chi connectivity index (χ0v) is 21.8. The maximum atomic E-state index is 2.43. The minimum Gasteiger partial charge on any atom is -1.00 e. The van der Waals surface area contributed by atoms with Crippen molar-refractivity contribution in [1.82, 2.24) is 0 Å². The Kier molecular flexibility index (Phi) is 7.76. The van der Waals surface area contributed by atoms with Crippen LogP contribution in [0.3, 0.4) is 0 Å². The third-order valence-corrected chi connectivity index (χ3v) is 6.79. The van der Waals surface area contributed by atoms with Gasteiger partial charge in [0, 0.05) is 31.1 Å². The molecule has 1 aliphatic carbocycles. The molecule has 31 heavy (non-hydrogen) atoms. The summed E-state index contributed by atoms with van der Waals surface area (Å²) in [7, 11) is 2.11. The van der Waals surface area contributed by atoms with Crippen molar-refractivity contribution in [3.8, 4) is 0 Å². The van der Waals surface area contributed by atoms with Gasteiger partial charge in [0.25, 0.3) is 5.01 Å². The van der Waals surface area contributed by atoms with Gasteiger partial charge in [-0.1, -0.05) is 61.6 Å². The predicted molar refractivity (Wildman–Crippen MR) is 131 cm³/mol. The molecule has 4 heteroatoms. The summed E-state index contributed by atoms with van der Waals surface area (Å²) in [5, 5.41) is 1.34. The molecule has 1 aromatic heterocycles. The smallest absolute Gasteiger partial charge is 0.263 e. The number of hydrogen-bond donors (Lipinski definition) is 0. The van der Waals surface area contributed by atoms with Crippen LogP contribution >= 0.6 is 11.3 Å². The quantitative estimate of drug-likeness (QED) is 0.350. The molecule has 2 aromatic carbocycles. The summed E-state index contributed by atoms with van der Waals surface area (Å²) in [6.45, 7) is 7.98. The number of allylic oxidation sites excluding steroid dienone is 4. The number of aryl methyl sites for hydroxylation is 1. The van der Waals surface area contributed by atoms with E-state index in [0.717, 1.165) is 19.4 Å². The van der Waals surface area contributed by atoms with Crippen LogP contribution in [-0.2, 0) is 6.54 Å². The first-order chi connectivity index (χ1) is 14.4. The second-order valence-corrected chi connectivity index (χ2v) is 9.93. The van der Waals surface area contributed by atoms with Crippen LogP contribution in [0.15, 0.2) is 84.1 Å². The van der Waals surface area contributed by atoms with E-state index in [1.807, 2.05) is 11.3 Å². The van der Waals surface area contributed by atoms with Crippen molar-refractivity contribution in [2.75, 3.05) is 11.9 Å². The average Bonchev–Trinajstić information content (AvgIpc) is 3.08. The van der Waals surface area contributed by atoms with Crippen molar-refractivity contribution in [3.05, 3.63) is 89.1 Å². The lowest BCUT2D eigenvalue weighted by atomic mass is 9.75. The van der Waals surface area contributed by atoms with Crippen LogP contribution in [0, 0.1) is 5.41 Å². The molecular weight excluding hydrogens is 511 g/mol. The summed E-state index contributed by atoms with van der Waals surface area (Å²) in [6, 6.07) is 19.2. The standard InChI is InChI=1S/C27H31N2S.HI/c1-5-29-24-13-9-10-14-25(24)30-26(29)18-22-17-21(19-27(2,3)20-22)15-16-28(4)23-11-7-6-8-12-23;/h6-18H,5,19-20H2,1-4H3;1H/q+1;/p-1. The molecule has 1 heterocycles. The van der Waals surface area contributed by atoms with Crippen LogP contribution < -0.4 is 33.4 Å². The zero-order valence-electron chi connectivity index (χ0n) is 18.8. The lowest BCUT2D eigenvalue weighted by Gasteiger charge is -2.30. The Hall–Kier alpha value is -1.92. The summed E-state index contributed by atoms with van der Waals surface area (Å²) in [5.41, 5.74) is 5.61. The van der Waals surface area contributed by atoms with Crippen LogP contribution in [0.4, 0.5) is 5.69 Å². The molecule has 0 radical (unpaired) electrons. The Morgan fingerprint density at radius 3 is 2.48 bits per heavy atom. The Morgan fingerprint density at radius 1 is 1.03 bits per heavy atom. The topological polar surface area (TPSA) is 7.12 Å². The highest BCUT2D eigenvalue weighted by Crippen LogP contribution is 2.39. The van der Waals surface area contributed by atoms with Gasteiger partial charge in [0.15, 0.2) is 0 Å². The van der Waals surface area contributed by atoms with E-state index in [1.54, 1.807) is 0 Å². The maximum Gasteiger partial charge on any atom is 0.263 e. The minimum atomic E-state index is 0. The zero-order chi connectivity index (χ0) is 21.1. The highest BCUT2D eigenvalue weighted by Gasteiger charge is 2.26. The van der Waals surface area contributed by atoms with Crippen molar-refractivity contribution in [1.29, 1.82) is 0 Å². The number of fused-ring (bicyclic) bond motifs is 1. The van der Waals surface area contributed by atoms with Gasteiger partial charge in [0.05, 0.1) is 0 Å². The SMILES string of the molecule is CC[n+]1c(C=C2C=C(C=CN(C)c3ccccc3)CC(C)(C)C2)sc2ccccc21.[I-]. The van der Waals surface area contributed by atoms with E-state index in [2.05, 4.69) is 116 Å². The summed E-state index contributed by atoms with van der Waals surface area (Å²) >= 11 is 1.89. The summed E-state index contributed by atoms with van der Waals surface area (Å²) in [5.74, 6) is 0. The Morgan fingerprint density at radius 2 is 1.74 bits per heavy atom. The van der Waals surface area contributed by atoms with Gasteiger partial charge >= 0.3 is 0 Å². The van der Waals surface area contributed by atoms with Crippen LogP contribution in [0.2, 0.25) is 0 Å². The largest absolute Gasteiger partial charge is 1.00 e. The van der Waals surface area contributed by atoms with Gasteiger partial charge in [-0.15, -0.1) is 0 Å². The number of thiazole rings is 1. The minimum absolute atomic E-state index is 0. The number of halogens is 1. The van der Waals surface area contributed by atoms with E-state index in [-0.39, 0.29) is 29.4 Å². The Labute approximate surface area is 207 Å². The highest BCUT2D eigenvalue weighted by molar-refractivity contribution is 7.18. The van der Waals surface area contributed by atoms with Gasteiger partial charge < -0.3 is 28.9 Å². The number of benzene rings is 2. The first-order valence-electron chi connectivity index (χ1n) is 10.7. The molecule has 0 atom stereocenters. The second kappa shape index (κ2) is 10.1. The van der Waals surface area contributed by atoms with Crippen molar-refractivity contribution in [3.63, 3.8) is 0 Å². The molecule has 1 aliphatic rings. The molecule has 0 N–H and O–H groups in total. The number of para-hydroxylation sites is 2. The fourth-order valence-electron chi connectivity index (χ4n) is 4.31. The van der Waals surface area contributed by atoms with E-state index >= 15 is 0 Å². The fraction of sp³-hybridized carbons (Fsp3) is 0.296. The fourth-order valence-corrected chi connectivity index (χ4v) is 5.51. The molecule has 0 spiro atoms. The number of anilines is 1. The average molecular weight is 543 g/mol. The Balaban J connectivity index is 0.00000272. The van der Waals surface area contributed by atoms with Gasteiger partial charge in [-0.05, 0) is 60.6 Å². The highest BCUT2D eigenvalue weighted by atomic mass is 127. The van der Waals surface area contributed by atoms with Gasteiger partial charge in [0.2, 0.25) is 5.52 Å². The van der Waals surface area contributed by atoms with Crippen molar-refractivity contribution in [2.45, 2.75) is 40.2 Å². The summed E-state index contributed by atoms with van der Waals surface area (Å²) in [6.07, 6.45) is 11.5. The first kappa shape index (κ1) is 23.7. The van der Waals surface area contributed by atoms with Crippen molar-refractivity contribution >= 4 is 33.3 Å². The molecule has 0 saturated heterocycles. The van der Waals surface area contributed by atoms with Gasteiger partial charge in [0.1, 0.15) is 11.2 Å². The number of nitrogens with zero attached hydrogens (tertiary/aromatic N) is 2. The van der Waals surface area contributed by atoms with E-state index in [9.17, 15) is 0 Å². The molecule has 4 rings (SSSR count). The molecule has 0 fully saturated rings. The van der Waals surface area contributed by atoms with E-state index in [0.29, 0.717) is 0 Å². The predicted octanol–water partition coefficient (Wildman–Crippen LogP) is 3.99. The number of rotatable bonds is 5. The third kappa shape index (κ3) is 5.66. The molecule has 162 valence electrons. The monoisotopic (exact) mass is 542 g/mol. The normalized spacial score (nSPS) is 17.0. The second-order valence-electron chi connectivity index (χ2n) is 8.87. The molecule has 0 bridgehead atoms. The van der Waals surface area contributed by atoms with Gasteiger partial charge in [-0.25, -0.2) is 0 Å². The van der Waals surface area contributed by atoms with Crippen LogP contribution in [0.25, 0.3) is 16.3 Å². The lowest BCUT2D eigenvalue weighted by molar-refractivity contribution is -0.665. The molecule has 0 unspecified atom stereocenters. The maximum absolute atomic E-state index is 2.43. The molecule has 0 saturated carbocycles. The van der Waals surface area contributed by atoms with Crippen molar-refractivity contribution < 1.29 is 28.5 Å². The number of aromatic nitrogens is 1.